The summed E-state index contributed by atoms with van der Waals surface area (Å²) in [5.41, 5.74) is -0.667. The van der Waals surface area contributed by atoms with Crippen molar-refractivity contribution in [3.8, 4) is 0 Å². The Balaban J connectivity index is 2.25. The average Bonchev–Trinajstić information content (AvgIpc) is 2.38. The van der Waals surface area contributed by atoms with Gasteiger partial charge >= 0.3 is 6.18 Å². The maximum Gasteiger partial charge on any atom is 0.419 e. The first-order chi connectivity index (χ1) is 8.91. The predicted octanol–water partition coefficient (Wildman–Crippen LogP) is 4.47. The molecule has 0 saturated carbocycles. The molecule has 0 aliphatic carbocycles. The number of nitrogens with zero attached hydrogens (tertiary/aromatic N) is 2. The largest absolute Gasteiger partial charge is 0.419 e. The van der Waals surface area contributed by atoms with Crippen molar-refractivity contribution >= 4 is 37.7 Å². The zero-order valence-electron chi connectivity index (χ0n) is 10.1. The van der Waals surface area contributed by atoms with Crippen molar-refractivity contribution in [1.82, 2.24) is 4.98 Å². The predicted molar refractivity (Wildman–Crippen MR) is 75.7 cm³/mol. The molecule has 0 amide bonds. The van der Waals surface area contributed by atoms with Crippen molar-refractivity contribution in [2.45, 2.75) is 19.0 Å². The number of hydrogen-bond donors (Lipinski definition) is 0. The fraction of sp³-hybridized carbons (Fsp3) is 0.583. The van der Waals surface area contributed by atoms with Crippen LogP contribution in [0.5, 0.6) is 0 Å². The fourth-order valence-electron chi connectivity index (χ4n) is 2.19. The molecule has 0 atom stereocenters. The van der Waals surface area contributed by atoms with Gasteiger partial charge in [-0.25, -0.2) is 4.98 Å². The molecule has 2 heterocycles. The highest BCUT2D eigenvalue weighted by atomic mass is 79.9. The van der Waals surface area contributed by atoms with E-state index in [0.29, 0.717) is 23.5 Å². The van der Waals surface area contributed by atoms with Crippen LogP contribution in [0.2, 0.25) is 0 Å². The molecule has 0 unspecified atom stereocenters. The lowest BCUT2D eigenvalue weighted by Crippen LogP contribution is -2.36. The minimum Gasteiger partial charge on any atom is -0.356 e. The van der Waals surface area contributed by atoms with E-state index >= 15 is 0 Å². The second kappa shape index (κ2) is 5.99. The van der Waals surface area contributed by atoms with Crippen LogP contribution in [0.3, 0.4) is 0 Å². The number of halogens is 5. The zero-order valence-corrected chi connectivity index (χ0v) is 13.2. The third-order valence-corrected chi connectivity index (χ3v) is 4.62. The number of aromatic nitrogens is 1. The van der Waals surface area contributed by atoms with Gasteiger partial charge in [0.15, 0.2) is 0 Å². The van der Waals surface area contributed by atoms with Gasteiger partial charge in [-0.3, -0.25) is 0 Å². The smallest absolute Gasteiger partial charge is 0.356 e. The van der Waals surface area contributed by atoms with E-state index in [9.17, 15) is 13.2 Å². The number of anilines is 1. The van der Waals surface area contributed by atoms with E-state index in [1.807, 2.05) is 0 Å². The maximum atomic E-state index is 13.0. The van der Waals surface area contributed by atoms with E-state index in [2.05, 4.69) is 36.8 Å². The van der Waals surface area contributed by atoms with Crippen LogP contribution in [0, 0.1) is 5.92 Å². The lowest BCUT2D eigenvalue weighted by atomic mass is 9.99. The summed E-state index contributed by atoms with van der Waals surface area (Å²) in [4.78, 5) is 5.70. The summed E-state index contributed by atoms with van der Waals surface area (Å²) in [6, 6.07) is 1.10. The topological polar surface area (TPSA) is 16.1 Å². The molecule has 1 aliphatic heterocycles. The normalized spacial score (nSPS) is 17.8. The van der Waals surface area contributed by atoms with Crippen molar-refractivity contribution in [2.75, 3.05) is 23.3 Å². The summed E-state index contributed by atoms with van der Waals surface area (Å²) >= 11 is 6.47. The van der Waals surface area contributed by atoms with Gasteiger partial charge in [0.2, 0.25) is 0 Å². The number of hydrogen-bond acceptors (Lipinski definition) is 2. The third-order valence-electron chi connectivity index (χ3n) is 3.27. The molecule has 1 saturated heterocycles. The van der Waals surface area contributed by atoms with Gasteiger partial charge in [0.25, 0.3) is 0 Å². The molecule has 19 heavy (non-hydrogen) atoms. The van der Waals surface area contributed by atoms with Crippen molar-refractivity contribution in [2.24, 2.45) is 5.92 Å². The minimum atomic E-state index is -4.38. The van der Waals surface area contributed by atoms with Gasteiger partial charge < -0.3 is 4.90 Å². The van der Waals surface area contributed by atoms with E-state index in [4.69, 9.17) is 0 Å². The van der Waals surface area contributed by atoms with Crippen LogP contribution in [0.4, 0.5) is 19.0 Å². The van der Waals surface area contributed by atoms with Gasteiger partial charge in [0.1, 0.15) is 5.82 Å². The van der Waals surface area contributed by atoms with Crippen LogP contribution in [-0.4, -0.2) is 23.4 Å². The zero-order chi connectivity index (χ0) is 14.0. The molecular weight excluding hydrogens is 389 g/mol. The Morgan fingerprint density at radius 3 is 2.47 bits per heavy atom. The molecule has 0 radical (unpaired) electrons. The molecule has 0 bridgehead atoms. The molecule has 1 aromatic heterocycles. The Morgan fingerprint density at radius 2 is 1.95 bits per heavy atom. The summed E-state index contributed by atoms with van der Waals surface area (Å²) in [7, 11) is 0. The van der Waals surface area contributed by atoms with Gasteiger partial charge in [0.05, 0.1) is 5.56 Å². The Morgan fingerprint density at radius 1 is 1.32 bits per heavy atom. The molecule has 7 heteroatoms. The molecule has 106 valence electrons. The summed E-state index contributed by atoms with van der Waals surface area (Å²) in [6.45, 7) is 1.24. The van der Waals surface area contributed by atoms with Gasteiger partial charge in [-0.1, -0.05) is 15.9 Å². The first kappa shape index (κ1) is 15.1. The third kappa shape index (κ3) is 3.62. The van der Waals surface area contributed by atoms with Crippen LogP contribution in [0.25, 0.3) is 0 Å². The molecular formula is C12H13Br2F3N2. The van der Waals surface area contributed by atoms with E-state index < -0.39 is 11.7 Å². The molecule has 0 N–H and O–H groups in total. The lowest BCUT2D eigenvalue weighted by Gasteiger charge is -2.33. The minimum absolute atomic E-state index is 0.0451. The standard InChI is InChI=1S/C12H13Br2F3N2/c13-6-8-1-3-19(4-2-8)11-10(12(15,16)17)5-9(14)7-18-11/h5,7-8H,1-4,6H2. The average molecular weight is 402 g/mol. The molecule has 0 aromatic carbocycles. The number of rotatable bonds is 2. The molecule has 0 spiro atoms. The molecule has 1 aliphatic rings. The van der Waals surface area contributed by atoms with Crippen LogP contribution >= 0.6 is 31.9 Å². The number of pyridine rings is 1. The molecule has 2 nitrogen and oxygen atoms in total. The van der Waals surface area contributed by atoms with Crippen LogP contribution < -0.4 is 4.90 Å². The Kier molecular flexibility index (Phi) is 4.76. The summed E-state index contributed by atoms with van der Waals surface area (Å²) < 4.78 is 39.4. The lowest BCUT2D eigenvalue weighted by molar-refractivity contribution is -0.137. The Bertz CT molecular complexity index is 443. The molecule has 1 aromatic rings. The van der Waals surface area contributed by atoms with E-state index in [1.54, 1.807) is 4.90 Å². The van der Waals surface area contributed by atoms with Gasteiger partial charge in [-0.05, 0) is 40.8 Å². The maximum absolute atomic E-state index is 13.0. The number of piperidine rings is 1. The van der Waals surface area contributed by atoms with Gasteiger partial charge in [0, 0.05) is 29.1 Å². The second-order valence-corrected chi connectivity index (χ2v) is 6.17. The van der Waals surface area contributed by atoms with Crippen LogP contribution in [-0.2, 0) is 6.18 Å². The van der Waals surface area contributed by atoms with E-state index in [0.717, 1.165) is 24.2 Å². The highest BCUT2D eigenvalue weighted by Crippen LogP contribution is 2.38. The van der Waals surface area contributed by atoms with Crippen molar-refractivity contribution in [3.05, 3.63) is 22.3 Å². The molecule has 1 fully saturated rings. The van der Waals surface area contributed by atoms with Crippen molar-refractivity contribution in [3.63, 3.8) is 0 Å². The quantitative estimate of drug-likeness (QED) is 0.679. The molecule has 2 rings (SSSR count). The number of alkyl halides is 4. The second-order valence-electron chi connectivity index (χ2n) is 4.61. The van der Waals surface area contributed by atoms with E-state index in [-0.39, 0.29) is 5.82 Å². The van der Waals surface area contributed by atoms with Crippen molar-refractivity contribution < 1.29 is 13.2 Å². The highest BCUT2D eigenvalue weighted by molar-refractivity contribution is 9.10. The summed E-state index contributed by atoms with van der Waals surface area (Å²) in [5.74, 6) is 0.588. The van der Waals surface area contributed by atoms with Gasteiger partial charge in [-0.15, -0.1) is 0 Å². The fourth-order valence-corrected chi connectivity index (χ4v) is 3.17. The van der Waals surface area contributed by atoms with Gasteiger partial charge in [-0.2, -0.15) is 13.2 Å². The Hall–Kier alpha value is -0.300. The van der Waals surface area contributed by atoms with Crippen molar-refractivity contribution in [1.29, 1.82) is 0 Å². The SMILES string of the molecule is FC(F)(F)c1cc(Br)cnc1N1CCC(CBr)CC1. The summed E-state index contributed by atoms with van der Waals surface area (Å²) in [6.07, 6.45) is -1.18. The van der Waals surface area contributed by atoms with E-state index in [1.165, 1.54) is 6.20 Å². The first-order valence-electron chi connectivity index (χ1n) is 5.95. The monoisotopic (exact) mass is 400 g/mol. The highest BCUT2D eigenvalue weighted by Gasteiger charge is 2.36. The summed E-state index contributed by atoms with van der Waals surface area (Å²) in [5, 5.41) is 0.904. The van der Waals surface area contributed by atoms with Crippen LogP contribution in [0.15, 0.2) is 16.7 Å². The first-order valence-corrected chi connectivity index (χ1v) is 7.87. The van der Waals surface area contributed by atoms with Crippen LogP contribution in [0.1, 0.15) is 18.4 Å². The Labute approximate surface area is 126 Å².